The highest BCUT2D eigenvalue weighted by atomic mass is 16.4. The Morgan fingerprint density at radius 3 is 2.82 bits per heavy atom. The minimum atomic E-state index is -0.913. The van der Waals surface area contributed by atoms with Crippen molar-refractivity contribution in [3.63, 3.8) is 0 Å². The van der Waals surface area contributed by atoms with Gasteiger partial charge in [0, 0.05) is 6.04 Å². The van der Waals surface area contributed by atoms with Gasteiger partial charge in [0.1, 0.15) is 6.04 Å². The molecule has 0 aromatic rings. The van der Waals surface area contributed by atoms with E-state index in [9.17, 15) is 4.79 Å². The molecule has 64 valence electrons. The third kappa shape index (κ3) is 2.17. The SMILES string of the molecule is N[C@H](C(=O)O)[C@@H]1CCCCN1. The van der Waals surface area contributed by atoms with Crippen LogP contribution in [0.2, 0.25) is 0 Å². The summed E-state index contributed by atoms with van der Waals surface area (Å²) in [6, 6.07) is -0.767. The van der Waals surface area contributed by atoms with Crippen LogP contribution in [0.15, 0.2) is 0 Å². The molecule has 0 bridgehead atoms. The maximum atomic E-state index is 10.4. The molecule has 0 amide bonds. The van der Waals surface area contributed by atoms with Crippen molar-refractivity contribution in [3.8, 4) is 0 Å². The first kappa shape index (κ1) is 8.49. The molecule has 0 spiro atoms. The van der Waals surface area contributed by atoms with E-state index in [4.69, 9.17) is 10.8 Å². The zero-order chi connectivity index (χ0) is 8.27. The number of rotatable bonds is 2. The van der Waals surface area contributed by atoms with Gasteiger partial charge < -0.3 is 16.2 Å². The summed E-state index contributed by atoms with van der Waals surface area (Å²) in [4.78, 5) is 10.4. The van der Waals surface area contributed by atoms with Gasteiger partial charge in [-0.3, -0.25) is 4.79 Å². The zero-order valence-corrected chi connectivity index (χ0v) is 6.42. The average molecular weight is 158 g/mol. The average Bonchev–Trinajstić information content (AvgIpc) is 2.05. The van der Waals surface area contributed by atoms with Crippen LogP contribution < -0.4 is 11.1 Å². The number of nitrogens with two attached hydrogens (primary N) is 1. The van der Waals surface area contributed by atoms with E-state index in [2.05, 4.69) is 5.32 Å². The summed E-state index contributed by atoms with van der Waals surface area (Å²) in [5.74, 6) is -0.913. The predicted molar refractivity (Wildman–Crippen MR) is 41.3 cm³/mol. The maximum Gasteiger partial charge on any atom is 0.322 e. The molecular weight excluding hydrogens is 144 g/mol. The fourth-order valence-corrected chi connectivity index (χ4v) is 1.36. The van der Waals surface area contributed by atoms with Gasteiger partial charge in [0.15, 0.2) is 0 Å². The van der Waals surface area contributed by atoms with Crippen LogP contribution in [0.25, 0.3) is 0 Å². The number of nitrogens with one attached hydrogen (secondary N) is 1. The highest BCUT2D eigenvalue weighted by Crippen LogP contribution is 2.08. The van der Waals surface area contributed by atoms with Crippen molar-refractivity contribution in [1.29, 1.82) is 0 Å². The molecule has 1 heterocycles. The summed E-state index contributed by atoms with van der Waals surface area (Å²) in [6.07, 6.45) is 3.09. The van der Waals surface area contributed by atoms with E-state index >= 15 is 0 Å². The van der Waals surface area contributed by atoms with Crippen LogP contribution in [0.4, 0.5) is 0 Å². The molecule has 0 aromatic carbocycles. The van der Waals surface area contributed by atoms with E-state index in [0.717, 1.165) is 25.8 Å². The number of hydrogen-bond acceptors (Lipinski definition) is 3. The topological polar surface area (TPSA) is 75.4 Å². The molecule has 1 saturated heterocycles. The van der Waals surface area contributed by atoms with Gasteiger partial charge >= 0.3 is 5.97 Å². The van der Waals surface area contributed by atoms with Gasteiger partial charge in [0.25, 0.3) is 0 Å². The van der Waals surface area contributed by atoms with Crippen LogP contribution in [0.3, 0.4) is 0 Å². The number of carboxylic acid groups (broad SMARTS) is 1. The zero-order valence-electron chi connectivity index (χ0n) is 6.42. The summed E-state index contributed by atoms with van der Waals surface area (Å²) >= 11 is 0. The number of hydrogen-bond donors (Lipinski definition) is 3. The van der Waals surface area contributed by atoms with Crippen LogP contribution in [-0.2, 0) is 4.79 Å². The fourth-order valence-electron chi connectivity index (χ4n) is 1.36. The molecule has 1 rings (SSSR count). The van der Waals surface area contributed by atoms with Crippen molar-refractivity contribution in [2.45, 2.75) is 31.3 Å². The lowest BCUT2D eigenvalue weighted by atomic mass is 9.99. The van der Waals surface area contributed by atoms with E-state index in [1.807, 2.05) is 0 Å². The molecule has 0 saturated carbocycles. The van der Waals surface area contributed by atoms with Crippen molar-refractivity contribution >= 4 is 5.97 Å². The van der Waals surface area contributed by atoms with Crippen LogP contribution in [0.5, 0.6) is 0 Å². The molecule has 4 heteroatoms. The van der Waals surface area contributed by atoms with Gasteiger partial charge in [-0.05, 0) is 19.4 Å². The second-order valence-corrected chi connectivity index (χ2v) is 2.92. The summed E-state index contributed by atoms with van der Waals surface area (Å²) < 4.78 is 0. The lowest BCUT2D eigenvalue weighted by Gasteiger charge is -2.26. The Bertz CT molecular complexity index is 143. The Morgan fingerprint density at radius 2 is 2.36 bits per heavy atom. The van der Waals surface area contributed by atoms with Crippen molar-refractivity contribution in [1.82, 2.24) is 5.32 Å². The predicted octanol–water partition coefficient (Wildman–Crippen LogP) is -0.460. The monoisotopic (exact) mass is 158 g/mol. The Balaban J connectivity index is 2.38. The largest absolute Gasteiger partial charge is 0.480 e. The van der Waals surface area contributed by atoms with E-state index in [1.54, 1.807) is 0 Å². The van der Waals surface area contributed by atoms with Crippen LogP contribution in [-0.4, -0.2) is 29.7 Å². The van der Waals surface area contributed by atoms with E-state index in [0.29, 0.717) is 0 Å². The third-order valence-electron chi connectivity index (χ3n) is 2.07. The number of piperidine rings is 1. The van der Waals surface area contributed by atoms with Crippen molar-refractivity contribution in [2.75, 3.05) is 6.54 Å². The van der Waals surface area contributed by atoms with Gasteiger partial charge in [-0.15, -0.1) is 0 Å². The second-order valence-electron chi connectivity index (χ2n) is 2.92. The highest BCUT2D eigenvalue weighted by molar-refractivity contribution is 5.74. The summed E-state index contributed by atoms with van der Waals surface area (Å²) in [7, 11) is 0. The molecule has 0 aromatic heterocycles. The normalized spacial score (nSPS) is 27.9. The van der Waals surface area contributed by atoms with Crippen molar-refractivity contribution in [2.24, 2.45) is 5.73 Å². The lowest BCUT2D eigenvalue weighted by molar-refractivity contribution is -0.139. The van der Waals surface area contributed by atoms with Gasteiger partial charge in [0.2, 0.25) is 0 Å². The van der Waals surface area contributed by atoms with Crippen LogP contribution >= 0.6 is 0 Å². The molecule has 2 atom stereocenters. The molecule has 1 aliphatic heterocycles. The van der Waals surface area contributed by atoms with Crippen molar-refractivity contribution in [3.05, 3.63) is 0 Å². The fraction of sp³-hybridized carbons (Fsp3) is 0.857. The maximum absolute atomic E-state index is 10.4. The van der Waals surface area contributed by atoms with Crippen LogP contribution in [0.1, 0.15) is 19.3 Å². The molecule has 1 aliphatic rings. The summed E-state index contributed by atoms with van der Waals surface area (Å²) in [5.41, 5.74) is 5.43. The first-order chi connectivity index (χ1) is 5.22. The Morgan fingerprint density at radius 1 is 1.64 bits per heavy atom. The first-order valence-corrected chi connectivity index (χ1v) is 3.93. The Hall–Kier alpha value is -0.610. The van der Waals surface area contributed by atoms with E-state index in [-0.39, 0.29) is 6.04 Å². The Kier molecular flexibility index (Phi) is 2.84. The summed E-state index contributed by atoms with van der Waals surface area (Å²) in [5, 5.41) is 11.7. The second kappa shape index (κ2) is 3.69. The van der Waals surface area contributed by atoms with Crippen LogP contribution in [0, 0.1) is 0 Å². The minimum absolute atomic E-state index is 0.0266. The standard InChI is InChI=1S/C7H14N2O2/c8-6(7(10)11)5-3-1-2-4-9-5/h5-6,9H,1-4,8H2,(H,10,11)/t5-,6-/m0/s1. The number of carbonyl (C=O) groups is 1. The van der Waals surface area contributed by atoms with Gasteiger partial charge in [-0.2, -0.15) is 0 Å². The number of aliphatic carboxylic acids is 1. The molecule has 0 radical (unpaired) electrons. The van der Waals surface area contributed by atoms with Gasteiger partial charge in [-0.1, -0.05) is 6.42 Å². The third-order valence-corrected chi connectivity index (χ3v) is 2.07. The lowest BCUT2D eigenvalue weighted by Crippen LogP contribution is -2.51. The van der Waals surface area contributed by atoms with E-state index < -0.39 is 12.0 Å². The number of carboxylic acids is 1. The molecule has 11 heavy (non-hydrogen) atoms. The molecule has 4 nitrogen and oxygen atoms in total. The highest BCUT2D eigenvalue weighted by Gasteiger charge is 2.24. The molecule has 0 unspecified atom stereocenters. The molecule has 1 fully saturated rings. The van der Waals surface area contributed by atoms with Gasteiger partial charge in [-0.25, -0.2) is 0 Å². The van der Waals surface area contributed by atoms with E-state index in [1.165, 1.54) is 0 Å². The quantitative estimate of drug-likeness (QED) is 0.508. The van der Waals surface area contributed by atoms with Gasteiger partial charge in [0.05, 0.1) is 0 Å². The first-order valence-electron chi connectivity index (χ1n) is 3.93. The van der Waals surface area contributed by atoms with Crippen molar-refractivity contribution < 1.29 is 9.90 Å². The molecule has 0 aliphatic carbocycles. The Labute approximate surface area is 65.8 Å². The molecular formula is C7H14N2O2. The smallest absolute Gasteiger partial charge is 0.322 e. The minimum Gasteiger partial charge on any atom is -0.480 e. The summed E-state index contributed by atoms with van der Waals surface area (Å²) in [6.45, 7) is 0.894. The molecule has 4 N–H and O–H groups in total.